The first-order valence-corrected chi connectivity index (χ1v) is 8.17. The number of ether oxygens (including phenoxy) is 1. The summed E-state index contributed by atoms with van der Waals surface area (Å²) in [7, 11) is 0. The third-order valence-corrected chi connectivity index (χ3v) is 4.33. The number of hydrogen-bond acceptors (Lipinski definition) is 6. The molecule has 6 nitrogen and oxygen atoms in total. The first-order valence-electron chi connectivity index (χ1n) is 8.17. The summed E-state index contributed by atoms with van der Waals surface area (Å²) in [6.45, 7) is 5.00. The molecule has 1 aromatic carbocycles. The normalized spacial score (nSPS) is 15.3. The summed E-state index contributed by atoms with van der Waals surface area (Å²) in [5.74, 6) is 2.76. The summed E-state index contributed by atoms with van der Waals surface area (Å²) < 4.78 is 5.82. The summed E-state index contributed by atoms with van der Waals surface area (Å²) in [5, 5.41) is 0. The molecule has 1 aromatic heterocycles. The molecular weight excluding hydrogens is 304 g/mol. The highest BCUT2D eigenvalue weighted by Gasteiger charge is 2.25. The number of aromatic nitrogens is 2. The predicted molar refractivity (Wildman–Crippen MR) is 93.3 cm³/mol. The average molecular weight is 326 g/mol. The molecule has 0 aliphatic carbocycles. The Bertz CT molecular complexity index is 725. The number of anilines is 2. The van der Waals surface area contributed by atoms with Gasteiger partial charge in [0.25, 0.3) is 0 Å². The lowest BCUT2D eigenvalue weighted by atomic mass is 9.93. The van der Waals surface area contributed by atoms with Crippen molar-refractivity contribution in [3.63, 3.8) is 0 Å². The first-order chi connectivity index (χ1) is 11.5. The highest BCUT2D eigenvalue weighted by atomic mass is 16.5. The van der Waals surface area contributed by atoms with Crippen LogP contribution in [0.25, 0.3) is 0 Å². The van der Waals surface area contributed by atoms with E-state index in [1.165, 1.54) is 0 Å². The van der Waals surface area contributed by atoms with Crippen LogP contribution in [0.4, 0.5) is 11.5 Å². The SMILES string of the molecule is CC(=O)C1CCN(c2nc(C)nc(Oc3ccccc3)c2N)CC1. The molecule has 1 fully saturated rings. The van der Waals surface area contributed by atoms with Crippen LogP contribution >= 0.6 is 0 Å². The second-order valence-electron chi connectivity index (χ2n) is 6.10. The lowest BCUT2D eigenvalue weighted by molar-refractivity contribution is -0.121. The molecule has 2 N–H and O–H groups in total. The number of nitrogen functional groups attached to an aromatic ring is 1. The van der Waals surface area contributed by atoms with E-state index in [-0.39, 0.29) is 11.7 Å². The molecule has 2 heterocycles. The van der Waals surface area contributed by atoms with Crippen LogP contribution in [-0.4, -0.2) is 28.8 Å². The van der Waals surface area contributed by atoms with Crippen molar-refractivity contribution >= 4 is 17.3 Å². The van der Waals surface area contributed by atoms with Crippen molar-refractivity contribution in [2.24, 2.45) is 5.92 Å². The molecular formula is C18H22N4O2. The molecule has 0 saturated carbocycles. The summed E-state index contributed by atoms with van der Waals surface area (Å²) in [5.41, 5.74) is 6.70. The van der Waals surface area contributed by atoms with Gasteiger partial charge in [-0.1, -0.05) is 18.2 Å². The van der Waals surface area contributed by atoms with Gasteiger partial charge in [-0.05, 0) is 38.8 Å². The maximum Gasteiger partial charge on any atom is 0.248 e. The first kappa shape index (κ1) is 16.2. The summed E-state index contributed by atoms with van der Waals surface area (Å²) in [4.78, 5) is 22.5. The van der Waals surface area contributed by atoms with E-state index in [1.807, 2.05) is 37.3 Å². The second-order valence-corrected chi connectivity index (χ2v) is 6.10. The van der Waals surface area contributed by atoms with Gasteiger partial charge in [0.15, 0.2) is 5.82 Å². The fourth-order valence-electron chi connectivity index (χ4n) is 2.96. The Morgan fingerprint density at radius 2 is 1.88 bits per heavy atom. The van der Waals surface area contributed by atoms with Gasteiger partial charge in [0.05, 0.1) is 0 Å². The van der Waals surface area contributed by atoms with Crippen molar-refractivity contribution in [3.05, 3.63) is 36.2 Å². The Balaban J connectivity index is 1.83. The topological polar surface area (TPSA) is 81.3 Å². The molecule has 0 radical (unpaired) electrons. The standard InChI is InChI=1S/C18H22N4O2/c1-12(23)14-8-10-22(11-9-14)17-16(19)18(21-13(2)20-17)24-15-6-4-3-5-7-15/h3-7,14H,8-11,19H2,1-2H3. The van der Waals surface area contributed by atoms with Gasteiger partial charge >= 0.3 is 0 Å². The van der Waals surface area contributed by atoms with Gasteiger partial charge < -0.3 is 15.4 Å². The molecule has 0 amide bonds. The quantitative estimate of drug-likeness (QED) is 0.930. The minimum Gasteiger partial charge on any atom is -0.437 e. The number of carbonyl (C=O) groups is 1. The van der Waals surface area contributed by atoms with Gasteiger partial charge in [0.1, 0.15) is 23.0 Å². The van der Waals surface area contributed by atoms with Crippen LogP contribution < -0.4 is 15.4 Å². The highest BCUT2D eigenvalue weighted by Crippen LogP contribution is 2.34. The summed E-state index contributed by atoms with van der Waals surface area (Å²) in [6, 6.07) is 9.43. The molecule has 0 atom stereocenters. The molecule has 24 heavy (non-hydrogen) atoms. The molecule has 0 spiro atoms. The van der Waals surface area contributed by atoms with Gasteiger partial charge in [-0.15, -0.1) is 0 Å². The number of nitrogens with zero attached hydrogens (tertiary/aromatic N) is 3. The zero-order valence-electron chi connectivity index (χ0n) is 14.0. The molecule has 0 unspecified atom stereocenters. The van der Waals surface area contributed by atoms with Crippen molar-refractivity contribution in [2.75, 3.05) is 23.7 Å². The van der Waals surface area contributed by atoms with Crippen LogP contribution in [0, 0.1) is 12.8 Å². The van der Waals surface area contributed by atoms with E-state index >= 15 is 0 Å². The number of Topliss-reactive ketones (excluding diaryl/α,β-unsaturated/α-hetero) is 1. The van der Waals surface area contributed by atoms with Crippen LogP contribution in [-0.2, 0) is 4.79 Å². The van der Waals surface area contributed by atoms with Crippen LogP contribution in [0.3, 0.4) is 0 Å². The zero-order chi connectivity index (χ0) is 17.1. The number of aryl methyl sites for hydroxylation is 1. The number of para-hydroxylation sites is 1. The summed E-state index contributed by atoms with van der Waals surface area (Å²) >= 11 is 0. The second kappa shape index (κ2) is 6.86. The van der Waals surface area contributed by atoms with Crippen molar-refractivity contribution in [2.45, 2.75) is 26.7 Å². The summed E-state index contributed by atoms with van der Waals surface area (Å²) in [6.07, 6.45) is 1.65. The van der Waals surface area contributed by atoms with Gasteiger partial charge in [-0.3, -0.25) is 4.79 Å². The average Bonchev–Trinajstić information content (AvgIpc) is 2.59. The Kier molecular flexibility index (Phi) is 4.64. The minimum atomic E-state index is 0.144. The number of benzene rings is 1. The van der Waals surface area contributed by atoms with Gasteiger partial charge in [-0.25, -0.2) is 4.98 Å². The van der Waals surface area contributed by atoms with E-state index in [2.05, 4.69) is 14.9 Å². The van der Waals surface area contributed by atoms with Crippen molar-refractivity contribution < 1.29 is 9.53 Å². The molecule has 1 aliphatic heterocycles. The van der Waals surface area contributed by atoms with E-state index in [1.54, 1.807) is 6.92 Å². The molecule has 0 bridgehead atoms. The lowest BCUT2D eigenvalue weighted by Crippen LogP contribution is -2.37. The minimum absolute atomic E-state index is 0.144. The third-order valence-electron chi connectivity index (χ3n) is 4.33. The van der Waals surface area contributed by atoms with E-state index in [4.69, 9.17) is 10.5 Å². The van der Waals surface area contributed by atoms with Gasteiger partial charge in [0, 0.05) is 19.0 Å². The Labute approximate surface area is 141 Å². The predicted octanol–water partition coefficient (Wildman–Crippen LogP) is 2.96. The van der Waals surface area contributed by atoms with E-state index in [0.717, 1.165) is 25.9 Å². The van der Waals surface area contributed by atoms with Crippen molar-refractivity contribution in [1.82, 2.24) is 9.97 Å². The fourth-order valence-corrected chi connectivity index (χ4v) is 2.96. The monoisotopic (exact) mass is 326 g/mol. The van der Waals surface area contributed by atoms with Crippen molar-refractivity contribution in [1.29, 1.82) is 0 Å². The molecule has 1 saturated heterocycles. The smallest absolute Gasteiger partial charge is 0.248 e. The number of rotatable bonds is 4. The van der Waals surface area contributed by atoms with E-state index in [0.29, 0.717) is 29.0 Å². The Hall–Kier alpha value is -2.63. The molecule has 6 heteroatoms. The van der Waals surface area contributed by atoms with Crippen LogP contribution in [0.1, 0.15) is 25.6 Å². The highest BCUT2D eigenvalue weighted by molar-refractivity contribution is 5.78. The van der Waals surface area contributed by atoms with Crippen LogP contribution in [0.5, 0.6) is 11.6 Å². The third kappa shape index (κ3) is 3.48. The molecule has 3 rings (SSSR count). The van der Waals surface area contributed by atoms with Gasteiger partial charge in [-0.2, -0.15) is 4.98 Å². The number of nitrogens with two attached hydrogens (primary N) is 1. The van der Waals surface area contributed by atoms with E-state index in [9.17, 15) is 4.79 Å². The number of hydrogen-bond donors (Lipinski definition) is 1. The molecule has 1 aliphatic rings. The molecule has 126 valence electrons. The number of piperidine rings is 1. The van der Waals surface area contributed by atoms with Gasteiger partial charge in [0.2, 0.25) is 5.88 Å². The van der Waals surface area contributed by atoms with Crippen molar-refractivity contribution in [3.8, 4) is 11.6 Å². The largest absolute Gasteiger partial charge is 0.437 e. The van der Waals surface area contributed by atoms with Crippen LogP contribution in [0.2, 0.25) is 0 Å². The number of ketones is 1. The lowest BCUT2D eigenvalue weighted by Gasteiger charge is -2.32. The number of carbonyl (C=O) groups excluding carboxylic acids is 1. The zero-order valence-corrected chi connectivity index (χ0v) is 14.0. The maximum atomic E-state index is 11.5. The van der Waals surface area contributed by atoms with Crippen LogP contribution in [0.15, 0.2) is 30.3 Å². The Morgan fingerprint density at radius 3 is 2.50 bits per heavy atom. The molecule has 2 aromatic rings. The Morgan fingerprint density at radius 1 is 1.21 bits per heavy atom. The fraction of sp³-hybridized carbons (Fsp3) is 0.389. The van der Waals surface area contributed by atoms with E-state index < -0.39 is 0 Å². The maximum absolute atomic E-state index is 11.5.